The maximum absolute atomic E-state index is 12.0. The highest BCUT2D eigenvalue weighted by atomic mass is 79.9. The lowest BCUT2D eigenvalue weighted by Gasteiger charge is -2.09. The summed E-state index contributed by atoms with van der Waals surface area (Å²) in [6, 6.07) is 10.1. The summed E-state index contributed by atoms with van der Waals surface area (Å²) >= 11 is 3.16. The average Bonchev–Trinajstić information content (AvgIpc) is 2.40. The molecule has 2 aromatic carbocycles. The van der Waals surface area contributed by atoms with E-state index in [4.69, 9.17) is 5.14 Å². The molecule has 2 aromatic rings. The molecule has 0 atom stereocenters. The van der Waals surface area contributed by atoms with Gasteiger partial charge in [0.1, 0.15) is 5.75 Å². The summed E-state index contributed by atoms with van der Waals surface area (Å²) in [6.45, 7) is 0. The lowest BCUT2D eigenvalue weighted by atomic mass is 10.2. The zero-order valence-corrected chi connectivity index (χ0v) is 13.0. The van der Waals surface area contributed by atoms with Gasteiger partial charge >= 0.3 is 0 Å². The number of carbonyl (C=O) groups is 1. The Morgan fingerprint density at radius 3 is 2.43 bits per heavy atom. The molecule has 0 aliphatic heterocycles. The van der Waals surface area contributed by atoms with Crippen molar-refractivity contribution in [1.82, 2.24) is 0 Å². The van der Waals surface area contributed by atoms with E-state index in [1.165, 1.54) is 30.3 Å². The Hall–Kier alpha value is -1.90. The highest BCUT2D eigenvalue weighted by Crippen LogP contribution is 2.26. The number of sulfonamides is 1. The number of primary sulfonamides is 1. The zero-order chi connectivity index (χ0) is 15.6. The van der Waals surface area contributed by atoms with Crippen LogP contribution >= 0.6 is 15.9 Å². The third-order valence-electron chi connectivity index (χ3n) is 2.67. The number of anilines is 1. The fraction of sp³-hybridized carbons (Fsp3) is 0. The Morgan fingerprint density at radius 2 is 1.86 bits per heavy atom. The summed E-state index contributed by atoms with van der Waals surface area (Å²) in [4.78, 5) is 12.0. The van der Waals surface area contributed by atoms with Gasteiger partial charge in [0, 0.05) is 4.47 Å². The second-order valence-electron chi connectivity index (χ2n) is 4.16. The van der Waals surface area contributed by atoms with E-state index in [9.17, 15) is 18.3 Å². The molecule has 0 aromatic heterocycles. The number of amides is 1. The molecule has 2 rings (SSSR count). The SMILES string of the molecule is NS(=O)(=O)c1ccc(NC(=O)c2ccccc2O)c(Br)c1. The average molecular weight is 371 g/mol. The van der Waals surface area contributed by atoms with Crippen molar-refractivity contribution in [2.24, 2.45) is 5.14 Å². The normalized spacial score (nSPS) is 11.1. The second kappa shape index (κ2) is 5.84. The molecule has 8 heteroatoms. The number of phenolic OH excluding ortho intramolecular Hbond substituents is 1. The van der Waals surface area contributed by atoms with E-state index >= 15 is 0 Å². The van der Waals surface area contributed by atoms with Gasteiger partial charge in [0.15, 0.2) is 0 Å². The number of phenols is 1. The highest BCUT2D eigenvalue weighted by Gasteiger charge is 2.14. The molecule has 110 valence electrons. The molecule has 0 fully saturated rings. The number of para-hydroxylation sites is 1. The number of carbonyl (C=O) groups excluding carboxylic acids is 1. The fourth-order valence-corrected chi connectivity index (χ4v) is 2.80. The van der Waals surface area contributed by atoms with E-state index < -0.39 is 15.9 Å². The summed E-state index contributed by atoms with van der Waals surface area (Å²) in [6.07, 6.45) is 0. The molecule has 0 saturated carbocycles. The van der Waals surface area contributed by atoms with Crippen LogP contribution in [0.2, 0.25) is 0 Å². The van der Waals surface area contributed by atoms with Crippen LogP contribution in [-0.2, 0) is 10.0 Å². The molecule has 1 amide bonds. The summed E-state index contributed by atoms with van der Waals surface area (Å²) < 4.78 is 22.8. The third kappa shape index (κ3) is 3.60. The molecule has 0 heterocycles. The number of rotatable bonds is 3. The number of halogens is 1. The van der Waals surface area contributed by atoms with Gasteiger partial charge in [0.25, 0.3) is 5.91 Å². The molecular formula is C13H11BrN2O4S. The number of aromatic hydroxyl groups is 1. The van der Waals surface area contributed by atoms with Crippen molar-refractivity contribution in [1.29, 1.82) is 0 Å². The summed E-state index contributed by atoms with van der Waals surface area (Å²) in [7, 11) is -3.81. The summed E-state index contributed by atoms with van der Waals surface area (Å²) in [5.74, 6) is -0.663. The molecule has 0 bridgehead atoms. The highest BCUT2D eigenvalue weighted by molar-refractivity contribution is 9.10. The van der Waals surface area contributed by atoms with Crippen LogP contribution < -0.4 is 10.5 Å². The predicted octanol–water partition coefficient (Wildman–Crippen LogP) is 2.05. The monoisotopic (exact) mass is 370 g/mol. The molecule has 0 aliphatic rings. The van der Waals surface area contributed by atoms with Crippen molar-refractivity contribution in [3.63, 3.8) is 0 Å². The number of benzene rings is 2. The largest absolute Gasteiger partial charge is 0.507 e. The van der Waals surface area contributed by atoms with Gasteiger partial charge in [-0.25, -0.2) is 13.6 Å². The maximum Gasteiger partial charge on any atom is 0.259 e. The van der Waals surface area contributed by atoms with Crippen LogP contribution in [0.4, 0.5) is 5.69 Å². The quantitative estimate of drug-likeness (QED) is 0.767. The molecule has 0 aliphatic carbocycles. The minimum absolute atomic E-state index is 0.0741. The predicted molar refractivity (Wildman–Crippen MR) is 81.6 cm³/mol. The van der Waals surface area contributed by atoms with Gasteiger partial charge in [-0.3, -0.25) is 4.79 Å². The van der Waals surface area contributed by atoms with Crippen LogP contribution in [0.3, 0.4) is 0 Å². The van der Waals surface area contributed by atoms with Crippen molar-refractivity contribution >= 4 is 37.5 Å². The Kier molecular flexibility index (Phi) is 4.31. The topological polar surface area (TPSA) is 109 Å². The molecule has 21 heavy (non-hydrogen) atoms. The molecule has 6 nitrogen and oxygen atoms in total. The first-order valence-corrected chi connectivity index (χ1v) is 8.04. The summed E-state index contributed by atoms with van der Waals surface area (Å²) in [5, 5.41) is 17.2. The van der Waals surface area contributed by atoms with E-state index in [0.29, 0.717) is 10.2 Å². The van der Waals surface area contributed by atoms with E-state index in [1.807, 2.05) is 0 Å². The first-order valence-electron chi connectivity index (χ1n) is 5.71. The third-order valence-corrected chi connectivity index (χ3v) is 4.23. The lowest BCUT2D eigenvalue weighted by Crippen LogP contribution is -2.14. The maximum atomic E-state index is 12.0. The first kappa shape index (κ1) is 15.5. The van der Waals surface area contributed by atoms with E-state index in [2.05, 4.69) is 21.2 Å². The van der Waals surface area contributed by atoms with Gasteiger partial charge in [-0.2, -0.15) is 0 Å². The molecule has 0 spiro atoms. The van der Waals surface area contributed by atoms with E-state index in [0.717, 1.165) is 0 Å². The van der Waals surface area contributed by atoms with Crippen molar-refractivity contribution in [2.75, 3.05) is 5.32 Å². The minimum atomic E-state index is -3.81. The van der Waals surface area contributed by atoms with Crippen LogP contribution in [-0.4, -0.2) is 19.4 Å². The minimum Gasteiger partial charge on any atom is -0.507 e. The molecule has 0 saturated heterocycles. The lowest BCUT2D eigenvalue weighted by molar-refractivity contribution is 0.102. The van der Waals surface area contributed by atoms with Gasteiger partial charge in [0.05, 0.1) is 16.1 Å². The zero-order valence-electron chi connectivity index (χ0n) is 10.6. The van der Waals surface area contributed by atoms with Crippen molar-refractivity contribution < 1.29 is 18.3 Å². The van der Waals surface area contributed by atoms with Crippen LogP contribution in [0.15, 0.2) is 51.8 Å². The number of hydrogen-bond acceptors (Lipinski definition) is 4. The van der Waals surface area contributed by atoms with Crippen LogP contribution in [0.5, 0.6) is 5.75 Å². The van der Waals surface area contributed by atoms with Crippen LogP contribution in [0, 0.1) is 0 Å². The molecule has 4 N–H and O–H groups in total. The van der Waals surface area contributed by atoms with Gasteiger partial charge in [-0.1, -0.05) is 12.1 Å². The van der Waals surface area contributed by atoms with Crippen molar-refractivity contribution in [2.45, 2.75) is 4.90 Å². The van der Waals surface area contributed by atoms with Crippen LogP contribution in [0.25, 0.3) is 0 Å². The van der Waals surface area contributed by atoms with Gasteiger partial charge < -0.3 is 10.4 Å². The smallest absolute Gasteiger partial charge is 0.259 e. The molecule has 0 radical (unpaired) electrons. The Morgan fingerprint density at radius 1 is 1.19 bits per heavy atom. The van der Waals surface area contributed by atoms with Gasteiger partial charge in [-0.05, 0) is 46.3 Å². The molecule has 0 unspecified atom stereocenters. The van der Waals surface area contributed by atoms with Gasteiger partial charge in [-0.15, -0.1) is 0 Å². The van der Waals surface area contributed by atoms with Gasteiger partial charge in [0.2, 0.25) is 10.0 Å². The molecular weight excluding hydrogens is 360 g/mol. The summed E-state index contributed by atoms with van der Waals surface area (Å²) in [5.41, 5.74) is 0.468. The number of nitrogens with one attached hydrogen (secondary N) is 1. The number of hydrogen-bond donors (Lipinski definition) is 3. The Bertz CT molecular complexity index is 806. The van der Waals surface area contributed by atoms with E-state index in [1.54, 1.807) is 12.1 Å². The van der Waals surface area contributed by atoms with Crippen LogP contribution in [0.1, 0.15) is 10.4 Å². The second-order valence-corrected chi connectivity index (χ2v) is 6.57. The van der Waals surface area contributed by atoms with Crippen molar-refractivity contribution in [3.05, 3.63) is 52.5 Å². The Balaban J connectivity index is 2.29. The van der Waals surface area contributed by atoms with Crippen molar-refractivity contribution in [3.8, 4) is 5.75 Å². The number of nitrogens with two attached hydrogens (primary N) is 1. The fourth-order valence-electron chi connectivity index (χ4n) is 1.63. The van der Waals surface area contributed by atoms with E-state index in [-0.39, 0.29) is 16.2 Å². The first-order chi connectivity index (χ1) is 9.79. The standard InChI is InChI=1S/C13H11BrN2O4S/c14-10-7-8(21(15,19)20)5-6-11(10)16-13(18)9-3-1-2-4-12(9)17/h1-7,17H,(H,16,18)(H2,15,19,20). The Labute approximate surface area is 129 Å².